The zero-order valence-electron chi connectivity index (χ0n) is 14.7. The summed E-state index contributed by atoms with van der Waals surface area (Å²) in [5.41, 5.74) is 0.747. The minimum atomic E-state index is -0.443. The molecule has 0 spiro atoms. The first-order valence-corrected chi connectivity index (χ1v) is 8.29. The number of aryl methyl sites for hydroxylation is 1. The Balaban J connectivity index is 1.78. The molecule has 1 aliphatic heterocycles. The lowest BCUT2D eigenvalue weighted by Crippen LogP contribution is -2.47. The summed E-state index contributed by atoms with van der Waals surface area (Å²) in [5.74, 6) is 1.23. The van der Waals surface area contributed by atoms with Gasteiger partial charge in [0.2, 0.25) is 0 Å². The van der Waals surface area contributed by atoms with Crippen LogP contribution >= 0.6 is 0 Å². The van der Waals surface area contributed by atoms with E-state index in [-0.39, 0.29) is 17.2 Å². The van der Waals surface area contributed by atoms with E-state index in [0.29, 0.717) is 37.7 Å². The van der Waals surface area contributed by atoms with Gasteiger partial charge in [-0.2, -0.15) is 0 Å². The molecule has 0 bridgehead atoms. The fourth-order valence-electron chi connectivity index (χ4n) is 3.02. The molecule has 1 saturated heterocycles. The number of aromatic nitrogens is 2. The number of nitro benzene ring substituents is 1. The number of hydrogen-bond acceptors (Lipinski definition) is 7. The summed E-state index contributed by atoms with van der Waals surface area (Å²) < 4.78 is 0. The van der Waals surface area contributed by atoms with Crippen molar-refractivity contribution in [2.45, 2.75) is 6.92 Å². The average molecular weight is 356 g/mol. The Bertz CT molecular complexity index is 833. The van der Waals surface area contributed by atoms with E-state index in [4.69, 9.17) is 0 Å². The Morgan fingerprint density at radius 1 is 1.19 bits per heavy atom. The largest absolute Gasteiger partial charge is 0.362 e. The highest BCUT2D eigenvalue weighted by molar-refractivity contribution is 5.95. The van der Waals surface area contributed by atoms with Crippen LogP contribution in [0.2, 0.25) is 0 Å². The number of carbonyl (C=O) groups excluding carboxylic acids is 1. The minimum Gasteiger partial charge on any atom is -0.362 e. The van der Waals surface area contributed by atoms with E-state index in [2.05, 4.69) is 20.2 Å². The lowest BCUT2D eigenvalue weighted by atomic mass is 10.1. The molecule has 1 aromatic heterocycles. The summed E-state index contributed by atoms with van der Waals surface area (Å²) in [6.45, 7) is 4.50. The van der Waals surface area contributed by atoms with Crippen LogP contribution in [0.3, 0.4) is 0 Å². The first-order valence-electron chi connectivity index (χ1n) is 8.29. The van der Waals surface area contributed by atoms with E-state index in [1.165, 1.54) is 13.1 Å². The molecule has 2 heterocycles. The van der Waals surface area contributed by atoms with Crippen LogP contribution < -0.4 is 15.1 Å². The highest BCUT2D eigenvalue weighted by Crippen LogP contribution is 2.30. The van der Waals surface area contributed by atoms with Crippen molar-refractivity contribution in [1.29, 1.82) is 0 Å². The molecule has 1 amide bonds. The van der Waals surface area contributed by atoms with Crippen LogP contribution in [0.25, 0.3) is 0 Å². The average Bonchev–Trinajstić information content (AvgIpc) is 2.67. The molecule has 1 N–H and O–H groups in total. The maximum absolute atomic E-state index is 11.7. The van der Waals surface area contributed by atoms with Gasteiger partial charge in [0, 0.05) is 51.1 Å². The van der Waals surface area contributed by atoms with Crippen molar-refractivity contribution >= 4 is 23.1 Å². The number of anilines is 2. The highest BCUT2D eigenvalue weighted by atomic mass is 16.6. The van der Waals surface area contributed by atoms with Gasteiger partial charge in [0.05, 0.1) is 4.92 Å². The Kier molecular flexibility index (Phi) is 4.97. The molecular formula is C17H20N6O3. The number of benzene rings is 1. The zero-order chi connectivity index (χ0) is 18.7. The van der Waals surface area contributed by atoms with Gasteiger partial charge in [0.25, 0.3) is 11.6 Å². The normalized spacial score (nSPS) is 14.2. The number of hydrogen-bond donors (Lipinski definition) is 1. The Morgan fingerprint density at radius 2 is 1.88 bits per heavy atom. The molecule has 3 rings (SSSR count). The number of nitrogens with one attached hydrogen (secondary N) is 1. The van der Waals surface area contributed by atoms with Crippen LogP contribution in [0.1, 0.15) is 16.2 Å². The van der Waals surface area contributed by atoms with Crippen molar-refractivity contribution in [2.75, 3.05) is 43.0 Å². The third-order valence-corrected chi connectivity index (χ3v) is 4.37. The van der Waals surface area contributed by atoms with Gasteiger partial charge in [-0.3, -0.25) is 14.9 Å². The topological polar surface area (TPSA) is 104 Å². The van der Waals surface area contributed by atoms with Crippen molar-refractivity contribution in [3.63, 3.8) is 0 Å². The van der Waals surface area contributed by atoms with Gasteiger partial charge in [0.15, 0.2) is 0 Å². The molecule has 1 aliphatic rings. The number of rotatable bonds is 4. The summed E-state index contributed by atoms with van der Waals surface area (Å²) in [5, 5.41) is 14.0. The predicted molar refractivity (Wildman–Crippen MR) is 97.7 cm³/mol. The first-order chi connectivity index (χ1) is 12.5. The lowest BCUT2D eigenvalue weighted by molar-refractivity contribution is -0.384. The summed E-state index contributed by atoms with van der Waals surface area (Å²) in [6.07, 6.45) is 1.73. The van der Waals surface area contributed by atoms with Crippen molar-refractivity contribution < 1.29 is 9.72 Å². The van der Waals surface area contributed by atoms with Gasteiger partial charge < -0.3 is 15.1 Å². The SMILES string of the molecule is CNC(=O)c1ccc(N2CCN(c3ccnc(C)n3)CC2)c([N+](=O)[O-])c1. The molecule has 26 heavy (non-hydrogen) atoms. The van der Waals surface area contributed by atoms with Crippen LogP contribution in [0.5, 0.6) is 0 Å². The van der Waals surface area contributed by atoms with Gasteiger partial charge in [-0.15, -0.1) is 0 Å². The molecule has 1 aromatic carbocycles. The smallest absolute Gasteiger partial charge is 0.293 e. The van der Waals surface area contributed by atoms with Gasteiger partial charge in [-0.25, -0.2) is 9.97 Å². The second-order valence-electron chi connectivity index (χ2n) is 5.98. The fourth-order valence-corrected chi connectivity index (χ4v) is 3.02. The third-order valence-electron chi connectivity index (χ3n) is 4.37. The molecule has 9 heteroatoms. The summed E-state index contributed by atoms with van der Waals surface area (Å²) in [4.78, 5) is 35.4. The molecule has 136 valence electrons. The monoisotopic (exact) mass is 356 g/mol. The van der Waals surface area contributed by atoms with Crippen molar-refractivity contribution in [2.24, 2.45) is 0 Å². The van der Waals surface area contributed by atoms with E-state index < -0.39 is 4.92 Å². The van der Waals surface area contributed by atoms with Gasteiger partial charge in [-0.1, -0.05) is 0 Å². The number of nitro groups is 1. The molecule has 0 unspecified atom stereocenters. The van der Waals surface area contributed by atoms with Gasteiger partial charge in [0.1, 0.15) is 17.3 Å². The van der Waals surface area contributed by atoms with E-state index in [9.17, 15) is 14.9 Å². The van der Waals surface area contributed by atoms with Crippen molar-refractivity contribution in [3.8, 4) is 0 Å². The second kappa shape index (κ2) is 7.34. The Hall–Kier alpha value is -3.23. The molecular weight excluding hydrogens is 336 g/mol. The third kappa shape index (κ3) is 3.56. The fraction of sp³-hybridized carbons (Fsp3) is 0.353. The van der Waals surface area contributed by atoms with Crippen LogP contribution in [0.15, 0.2) is 30.5 Å². The molecule has 9 nitrogen and oxygen atoms in total. The quantitative estimate of drug-likeness (QED) is 0.652. The van der Waals surface area contributed by atoms with Crippen LogP contribution in [-0.2, 0) is 0 Å². The van der Waals surface area contributed by atoms with Crippen molar-refractivity contribution in [1.82, 2.24) is 15.3 Å². The highest BCUT2D eigenvalue weighted by Gasteiger charge is 2.25. The maximum atomic E-state index is 11.7. The lowest BCUT2D eigenvalue weighted by Gasteiger charge is -2.36. The Morgan fingerprint density at radius 3 is 2.50 bits per heavy atom. The number of piperazine rings is 1. The molecule has 0 saturated carbocycles. The van der Waals surface area contributed by atoms with E-state index in [0.717, 1.165) is 5.82 Å². The molecule has 2 aromatic rings. The van der Waals surface area contributed by atoms with E-state index >= 15 is 0 Å². The summed E-state index contributed by atoms with van der Waals surface area (Å²) >= 11 is 0. The molecule has 0 aliphatic carbocycles. The second-order valence-corrected chi connectivity index (χ2v) is 5.98. The van der Waals surface area contributed by atoms with Crippen LogP contribution in [0, 0.1) is 17.0 Å². The van der Waals surface area contributed by atoms with E-state index in [1.807, 2.05) is 17.9 Å². The maximum Gasteiger partial charge on any atom is 0.293 e. The van der Waals surface area contributed by atoms with Gasteiger partial charge in [-0.05, 0) is 25.1 Å². The number of amides is 1. The molecule has 0 atom stereocenters. The van der Waals surface area contributed by atoms with E-state index in [1.54, 1.807) is 18.3 Å². The number of carbonyl (C=O) groups is 1. The Labute approximate surface area is 150 Å². The van der Waals surface area contributed by atoms with Crippen LogP contribution in [0.4, 0.5) is 17.2 Å². The van der Waals surface area contributed by atoms with Gasteiger partial charge >= 0.3 is 0 Å². The standard InChI is InChI=1S/C17H20N6O3/c1-12-19-6-5-16(20-12)22-9-7-21(8-10-22)14-4-3-13(17(24)18-2)11-15(14)23(25)26/h3-6,11H,7-10H2,1-2H3,(H,18,24). The number of nitrogens with zero attached hydrogens (tertiary/aromatic N) is 5. The van der Waals surface area contributed by atoms with Crippen molar-refractivity contribution in [3.05, 3.63) is 52.0 Å². The predicted octanol–water partition coefficient (Wildman–Crippen LogP) is 1.38. The minimum absolute atomic E-state index is 0.0579. The first kappa shape index (κ1) is 17.6. The molecule has 0 radical (unpaired) electrons. The zero-order valence-corrected chi connectivity index (χ0v) is 14.7. The summed E-state index contributed by atoms with van der Waals surface area (Å²) in [7, 11) is 1.50. The summed E-state index contributed by atoms with van der Waals surface area (Å²) in [6, 6.07) is 6.45. The van der Waals surface area contributed by atoms with Crippen LogP contribution in [-0.4, -0.2) is 54.0 Å². The molecule has 1 fully saturated rings.